The number of primary amides is 2. The minimum Gasteiger partial charge on any atom is -0.370 e. The summed E-state index contributed by atoms with van der Waals surface area (Å²) in [6.07, 6.45) is 13.9. The number of rotatable bonds is 20. The molecule has 3 aromatic heterocycles. The Morgan fingerprint density at radius 3 is 2.35 bits per heavy atom. The number of nitrogens with two attached hydrogens (primary N) is 2. The summed E-state index contributed by atoms with van der Waals surface area (Å²) in [4.78, 5) is 80.8. The van der Waals surface area contributed by atoms with Gasteiger partial charge in [0.1, 0.15) is 12.2 Å². The van der Waals surface area contributed by atoms with Crippen LogP contribution in [-0.4, -0.2) is 118 Å². The maximum Gasteiger partial charge on any atom is 0.274 e. The second-order valence-corrected chi connectivity index (χ2v) is 18.6. The number of piperidine rings is 2. The zero-order valence-corrected chi connectivity index (χ0v) is 38.7. The lowest BCUT2D eigenvalue weighted by atomic mass is 9.87. The van der Waals surface area contributed by atoms with Gasteiger partial charge < -0.3 is 56.2 Å². The van der Waals surface area contributed by atoms with E-state index in [-0.39, 0.29) is 30.5 Å². The molecule has 18 nitrogen and oxygen atoms in total. The first-order valence-electron chi connectivity index (χ1n) is 23.3. The maximum absolute atomic E-state index is 13.1. The third-order valence-corrected chi connectivity index (χ3v) is 13.6. The van der Waals surface area contributed by atoms with Crippen LogP contribution >= 0.6 is 0 Å². The fourth-order valence-corrected chi connectivity index (χ4v) is 9.55. The minimum atomic E-state index is -1.30. The first kappa shape index (κ1) is 47.8. The van der Waals surface area contributed by atoms with Crippen molar-refractivity contribution in [2.45, 2.75) is 81.6 Å². The molecule has 2 saturated heterocycles. The van der Waals surface area contributed by atoms with E-state index in [0.29, 0.717) is 35.3 Å². The van der Waals surface area contributed by atoms with Gasteiger partial charge in [-0.15, -0.1) is 6.42 Å². The second kappa shape index (κ2) is 20.7. The van der Waals surface area contributed by atoms with Crippen LogP contribution in [0.2, 0.25) is 0 Å². The van der Waals surface area contributed by atoms with E-state index in [2.05, 4.69) is 49.6 Å². The minimum absolute atomic E-state index is 0.0382. The van der Waals surface area contributed by atoms with Crippen LogP contribution in [-0.2, 0) is 41.3 Å². The van der Waals surface area contributed by atoms with Crippen LogP contribution in [0.15, 0.2) is 71.8 Å². The summed E-state index contributed by atoms with van der Waals surface area (Å²) in [5, 5.41) is 10.2. The van der Waals surface area contributed by atoms with Crippen molar-refractivity contribution < 1.29 is 28.7 Å². The topological polar surface area (TPSA) is 245 Å². The van der Waals surface area contributed by atoms with Crippen molar-refractivity contribution in [3.05, 3.63) is 88.6 Å². The fourth-order valence-electron chi connectivity index (χ4n) is 9.55. The number of benzene rings is 2. The molecule has 0 spiro atoms. The van der Waals surface area contributed by atoms with Crippen LogP contribution in [0.1, 0.15) is 69.5 Å². The van der Waals surface area contributed by atoms with Crippen molar-refractivity contribution >= 4 is 51.4 Å². The van der Waals surface area contributed by atoms with E-state index in [1.165, 1.54) is 0 Å². The van der Waals surface area contributed by atoms with Crippen LogP contribution < -0.4 is 37.9 Å². The van der Waals surface area contributed by atoms with Gasteiger partial charge in [0, 0.05) is 86.4 Å². The summed E-state index contributed by atoms with van der Waals surface area (Å²) < 4.78 is 15.1. The molecule has 3 fully saturated rings. The van der Waals surface area contributed by atoms with Crippen LogP contribution in [0, 0.1) is 18.3 Å². The lowest BCUT2D eigenvalue weighted by Crippen LogP contribution is -2.55. The number of nitrogens with one attached hydrogen (secondary N) is 4. The molecular weight excluding hydrogens is 867 g/mol. The third-order valence-electron chi connectivity index (χ3n) is 13.6. The molecule has 0 radical (unpaired) electrons. The number of ether oxygens (including phenoxy) is 2. The van der Waals surface area contributed by atoms with Gasteiger partial charge in [-0.1, -0.05) is 42.3 Å². The van der Waals surface area contributed by atoms with Crippen LogP contribution in [0.3, 0.4) is 0 Å². The number of aromatic amines is 1. The van der Waals surface area contributed by atoms with Crippen molar-refractivity contribution in [3.63, 3.8) is 0 Å². The highest BCUT2D eigenvalue weighted by Crippen LogP contribution is 2.44. The Labute approximate surface area is 394 Å². The number of aryl methyl sites for hydroxylation is 1. The Bertz CT molecular complexity index is 2730. The molecule has 5 heterocycles. The normalized spacial score (nSPS) is 17.5. The molecule has 5 aromatic rings. The Kier molecular flexibility index (Phi) is 14.6. The number of carbonyl (C=O) groups is 4. The molecule has 18 heteroatoms. The van der Waals surface area contributed by atoms with Crippen LogP contribution in [0.5, 0.6) is 0 Å². The highest BCUT2D eigenvalue weighted by atomic mass is 16.6. The lowest BCUT2D eigenvalue weighted by molar-refractivity contribution is -0.133. The number of likely N-dealkylation sites (tertiary alicyclic amines) is 1. The van der Waals surface area contributed by atoms with Crippen molar-refractivity contribution in [3.8, 4) is 23.5 Å². The summed E-state index contributed by atoms with van der Waals surface area (Å²) in [7, 11) is 1.73. The number of H-pyrrole nitrogens is 1. The maximum atomic E-state index is 13.1. The molecule has 8 N–H and O–H groups in total. The highest BCUT2D eigenvalue weighted by Gasteiger charge is 2.45. The quantitative estimate of drug-likeness (QED) is 0.0375. The summed E-state index contributed by atoms with van der Waals surface area (Å²) in [5.41, 5.74) is 13.4. The number of hydrogen-bond acceptors (Lipinski definition) is 12. The van der Waals surface area contributed by atoms with Gasteiger partial charge >= 0.3 is 0 Å². The summed E-state index contributed by atoms with van der Waals surface area (Å²) >= 11 is 0. The van der Waals surface area contributed by atoms with E-state index >= 15 is 0 Å². The van der Waals surface area contributed by atoms with Crippen molar-refractivity contribution in [2.75, 3.05) is 57.5 Å². The average molecular weight is 928 g/mol. The number of anilines is 1. The zero-order valence-electron chi connectivity index (χ0n) is 38.7. The summed E-state index contributed by atoms with van der Waals surface area (Å²) in [5.74, 6) is -0.631. The predicted molar refractivity (Wildman–Crippen MR) is 258 cm³/mol. The molecule has 1 atom stereocenters. The van der Waals surface area contributed by atoms with Crippen molar-refractivity contribution in [2.24, 2.45) is 24.4 Å². The standard InChI is InChI=1S/C50H61N11O7/c1-4-19-56-49(2)17-23-60(24-18-49)35-15-21-61(22-16-35)48-57-40-13-10-32(39-29-59(3)47(66)44-37(39)14-20-53-44)25-38(40)45(58-48)50(68-36-11-12-36,34-8-6-5-7-9-34)30-67-31-55-43(64)28-54-46(65)33(26-41(51)62)27-42(52)63/h1,5-10,13-14,20,25,29,33,35-36,53,56H,11-12,15-19,21-24,26-28,30-31H2,2-3H3,(H2,51,62)(H2,52,63)(H,54,65)(H,55,64)/t50-/m0/s1. The van der Waals surface area contributed by atoms with Crippen molar-refractivity contribution in [1.82, 2.24) is 40.4 Å². The molecule has 8 rings (SSSR count). The first-order chi connectivity index (χ1) is 32.8. The number of carbonyl (C=O) groups excluding carboxylic acids is 4. The number of terminal acetylenes is 1. The monoisotopic (exact) mass is 927 g/mol. The van der Waals surface area contributed by atoms with E-state index in [1.807, 2.05) is 54.7 Å². The van der Waals surface area contributed by atoms with E-state index < -0.39 is 54.5 Å². The average Bonchev–Trinajstić information content (AvgIpc) is 4.02. The lowest BCUT2D eigenvalue weighted by Gasteiger charge is -2.45. The van der Waals surface area contributed by atoms with Gasteiger partial charge in [-0.3, -0.25) is 24.0 Å². The third kappa shape index (κ3) is 10.9. The van der Waals surface area contributed by atoms with Gasteiger partial charge in [-0.25, -0.2) is 9.97 Å². The smallest absolute Gasteiger partial charge is 0.274 e. The fraction of sp³-hybridized carbons (Fsp3) is 0.460. The molecule has 2 aromatic carbocycles. The number of aromatic nitrogens is 4. The highest BCUT2D eigenvalue weighted by molar-refractivity contribution is 5.97. The molecule has 68 heavy (non-hydrogen) atoms. The van der Waals surface area contributed by atoms with E-state index in [9.17, 15) is 24.0 Å². The molecule has 4 amide bonds. The Morgan fingerprint density at radius 2 is 1.68 bits per heavy atom. The Balaban J connectivity index is 1.11. The number of pyridine rings is 1. The van der Waals surface area contributed by atoms with Gasteiger partial charge in [0.2, 0.25) is 29.6 Å². The largest absolute Gasteiger partial charge is 0.370 e. The van der Waals surface area contributed by atoms with Gasteiger partial charge in [0.05, 0.1) is 42.9 Å². The Morgan fingerprint density at radius 1 is 0.956 bits per heavy atom. The van der Waals surface area contributed by atoms with E-state index in [4.69, 9.17) is 37.3 Å². The number of amides is 4. The SMILES string of the molecule is C#CCNC1(C)CCN(C2CCN(c3nc([C@@](COCNC(=O)CNC(=O)C(CC(N)=O)CC(N)=O)(OC4CC4)c4ccccc4)c4cc(-c5cn(C)c(=O)c6[nH]ccc56)ccc4n3)CC2)CC1. The first-order valence-corrected chi connectivity index (χ1v) is 23.3. The van der Waals surface area contributed by atoms with Crippen LogP contribution in [0.4, 0.5) is 5.95 Å². The molecule has 2 aliphatic heterocycles. The number of nitrogens with zero attached hydrogens (tertiary/aromatic N) is 5. The van der Waals surface area contributed by atoms with E-state index in [0.717, 1.165) is 92.2 Å². The van der Waals surface area contributed by atoms with Crippen molar-refractivity contribution in [1.29, 1.82) is 0 Å². The number of hydrogen-bond donors (Lipinski definition) is 6. The van der Waals surface area contributed by atoms with Gasteiger partial charge in [0.15, 0.2) is 5.60 Å². The molecule has 1 aliphatic carbocycles. The zero-order chi connectivity index (χ0) is 48.0. The molecule has 0 bridgehead atoms. The molecule has 358 valence electrons. The van der Waals surface area contributed by atoms with Gasteiger partial charge in [-0.05, 0) is 74.8 Å². The molecule has 1 saturated carbocycles. The molecular formula is C50H61N11O7. The van der Waals surface area contributed by atoms with Crippen LogP contribution in [0.25, 0.3) is 32.9 Å². The predicted octanol–water partition coefficient (Wildman–Crippen LogP) is 2.52. The molecule has 0 unspecified atom stereocenters. The number of fused-ring (bicyclic) bond motifs is 2. The van der Waals surface area contributed by atoms with Gasteiger partial charge in [0.25, 0.3) is 5.56 Å². The Hall–Kier alpha value is -6.65. The summed E-state index contributed by atoms with van der Waals surface area (Å²) in [6, 6.07) is 18.2. The second-order valence-electron chi connectivity index (χ2n) is 18.6. The van der Waals surface area contributed by atoms with Gasteiger partial charge in [-0.2, -0.15) is 0 Å². The molecule has 3 aliphatic rings. The van der Waals surface area contributed by atoms with E-state index in [1.54, 1.807) is 17.8 Å². The summed E-state index contributed by atoms with van der Waals surface area (Å²) in [6.45, 7) is 5.59.